The molecule has 2 aromatic rings. The summed E-state index contributed by atoms with van der Waals surface area (Å²) >= 11 is 0. The zero-order valence-corrected chi connectivity index (χ0v) is 15.5. The maximum absolute atomic E-state index is 5.87. The molecule has 1 fully saturated rings. The fourth-order valence-electron chi connectivity index (χ4n) is 3.50. The van der Waals surface area contributed by atoms with Crippen LogP contribution in [0.15, 0.2) is 59.6 Å². The lowest BCUT2D eigenvalue weighted by atomic mass is 10.2. The first kappa shape index (κ1) is 17.7. The summed E-state index contributed by atoms with van der Waals surface area (Å²) in [6, 6.07) is 18.9. The van der Waals surface area contributed by atoms with Crippen LogP contribution in [0.1, 0.15) is 5.56 Å². The molecule has 6 nitrogen and oxygen atoms in total. The fourth-order valence-corrected chi connectivity index (χ4v) is 3.50. The summed E-state index contributed by atoms with van der Waals surface area (Å²) in [6.45, 7) is 6.22. The van der Waals surface area contributed by atoms with Gasteiger partial charge < -0.3 is 20.1 Å². The van der Waals surface area contributed by atoms with Gasteiger partial charge in [0.15, 0.2) is 0 Å². The van der Waals surface area contributed by atoms with Crippen LogP contribution < -0.4 is 15.4 Å². The second-order valence-corrected chi connectivity index (χ2v) is 6.97. The molecule has 27 heavy (non-hydrogen) atoms. The largest absolute Gasteiger partial charge is 0.489 e. The Balaban J connectivity index is 1.24. The van der Waals surface area contributed by atoms with Gasteiger partial charge in [0, 0.05) is 38.4 Å². The SMILES string of the molecule is NC1=NCC(CN2CCN(c3ccc(OCc4ccccc4)cc3)CC2)O1. The molecule has 2 aliphatic heterocycles. The van der Waals surface area contributed by atoms with Gasteiger partial charge in [0.2, 0.25) is 0 Å². The second-order valence-electron chi connectivity index (χ2n) is 6.97. The number of rotatable bonds is 6. The van der Waals surface area contributed by atoms with E-state index < -0.39 is 0 Å². The minimum Gasteiger partial charge on any atom is -0.489 e. The van der Waals surface area contributed by atoms with Crippen LogP contribution in [0.2, 0.25) is 0 Å². The number of nitrogens with zero attached hydrogens (tertiary/aromatic N) is 3. The molecule has 0 radical (unpaired) electrons. The number of amidine groups is 1. The van der Waals surface area contributed by atoms with Crippen molar-refractivity contribution in [3.63, 3.8) is 0 Å². The standard InChI is InChI=1S/C21H26N4O2/c22-21-23-14-20(27-21)15-24-10-12-25(13-11-24)18-6-8-19(9-7-18)26-16-17-4-2-1-3-5-17/h1-9,20H,10-16H2,(H2,22,23). The Bertz CT molecular complexity index is 756. The van der Waals surface area contributed by atoms with Crippen molar-refractivity contribution in [1.29, 1.82) is 0 Å². The van der Waals surface area contributed by atoms with Crippen LogP contribution in [-0.2, 0) is 11.3 Å². The van der Waals surface area contributed by atoms with Gasteiger partial charge in [-0.1, -0.05) is 30.3 Å². The Morgan fingerprint density at radius 2 is 1.74 bits per heavy atom. The van der Waals surface area contributed by atoms with Crippen molar-refractivity contribution in [1.82, 2.24) is 4.90 Å². The van der Waals surface area contributed by atoms with E-state index in [0.29, 0.717) is 19.2 Å². The third-order valence-corrected chi connectivity index (χ3v) is 5.02. The van der Waals surface area contributed by atoms with Crippen LogP contribution in [-0.4, -0.2) is 56.3 Å². The zero-order chi connectivity index (χ0) is 18.5. The first-order valence-corrected chi connectivity index (χ1v) is 9.47. The minimum absolute atomic E-state index is 0.109. The van der Waals surface area contributed by atoms with Gasteiger partial charge in [-0.05, 0) is 29.8 Å². The lowest BCUT2D eigenvalue weighted by Gasteiger charge is -2.36. The van der Waals surface area contributed by atoms with E-state index in [-0.39, 0.29) is 6.10 Å². The number of hydrogen-bond acceptors (Lipinski definition) is 6. The molecule has 1 atom stereocenters. The lowest BCUT2D eigenvalue weighted by Crippen LogP contribution is -2.49. The van der Waals surface area contributed by atoms with E-state index in [1.807, 2.05) is 18.2 Å². The molecule has 0 aliphatic carbocycles. The number of aliphatic imine (C=N–C) groups is 1. The minimum atomic E-state index is 0.109. The lowest BCUT2D eigenvalue weighted by molar-refractivity contribution is 0.139. The summed E-state index contributed by atoms with van der Waals surface area (Å²) in [6.07, 6.45) is 0.109. The highest BCUT2D eigenvalue weighted by atomic mass is 16.5. The van der Waals surface area contributed by atoms with Crippen molar-refractivity contribution in [2.24, 2.45) is 10.7 Å². The number of nitrogens with two attached hydrogens (primary N) is 1. The van der Waals surface area contributed by atoms with Crippen molar-refractivity contribution in [3.05, 3.63) is 60.2 Å². The van der Waals surface area contributed by atoms with E-state index in [1.165, 1.54) is 11.3 Å². The van der Waals surface area contributed by atoms with Gasteiger partial charge in [0.25, 0.3) is 6.02 Å². The van der Waals surface area contributed by atoms with Crippen LogP contribution in [0.5, 0.6) is 5.75 Å². The molecular formula is C21H26N4O2. The number of hydrogen-bond donors (Lipinski definition) is 1. The van der Waals surface area contributed by atoms with E-state index in [0.717, 1.165) is 38.5 Å². The fraction of sp³-hybridized carbons (Fsp3) is 0.381. The Hall–Kier alpha value is -2.73. The number of ether oxygens (including phenoxy) is 2. The van der Waals surface area contributed by atoms with Crippen LogP contribution in [0, 0.1) is 0 Å². The van der Waals surface area contributed by atoms with E-state index in [1.54, 1.807) is 0 Å². The molecule has 0 aromatic heterocycles. The summed E-state index contributed by atoms with van der Waals surface area (Å²) in [5, 5.41) is 0. The van der Waals surface area contributed by atoms with E-state index >= 15 is 0 Å². The van der Waals surface area contributed by atoms with Crippen LogP contribution >= 0.6 is 0 Å². The molecular weight excluding hydrogens is 340 g/mol. The van der Waals surface area contributed by atoms with Crippen LogP contribution in [0.4, 0.5) is 5.69 Å². The second kappa shape index (κ2) is 8.31. The number of anilines is 1. The van der Waals surface area contributed by atoms with Crippen LogP contribution in [0.3, 0.4) is 0 Å². The Labute approximate surface area is 160 Å². The third-order valence-electron chi connectivity index (χ3n) is 5.02. The van der Waals surface area contributed by atoms with Crippen molar-refractivity contribution in [2.45, 2.75) is 12.7 Å². The van der Waals surface area contributed by atoms with E-state index in [9.17, 15) is 0 Å². The molecule has 1 unspecified atom stereocenters. The Kier molecular flexibility index (Phi) is 5.44. The van der Waals surface area contributed by atoms with E-state index in [4.69, 9.17) is 15.2 Å². The highest BCUT2D eigenvalue weighted by Gasteiger charge is 2.24. The maximum Gasteiger partial charge on any atom is 0.282 e. The molecule has 2 N–H and O–H groups in total. The molecule has 4 rings (SSSR count). The van der Waals surface area contributed by atoms with Gasteiger partial charge in [-0.3, -0.25) is 4.90 Å². The van der Waals surface area contributed by atoms with Gasteiger partial charge >= 0.3 is 0 Å². The highest BCUT2D eigenvalue weighted by molar-refractivity contribution is 5.73. The quantitative estimate of drug-likeness (QED) is 0.848. The average Bonchev–Trinajstić information content (AvgIpc) is 3.13. The number of benzene rings is 2. The molecule has 1 saturated heterocycles. The van der Waals surface area contributed by atoms with Gasteiger partial charge in [0.05, 0.1) is 6.54 Å². The smallest absolute Gasteiger partial charge is 0.282 e. The number of piperazine rings is 1. The zero-order valence-electron chi connectivity index (χ0n) is 15.5. The topological polar surface area (TPSA) is 63.3 Å². The molecule has 2 aliphatic rings. The summed E-state index contributed by atoms with van der Waals surface area (Å²) < 4.78 is 11.4. The molecule has 0 saturated carbocycles. The Morgan fingerprint density at radius 1 is 1.00 bits per heavy atom. The summed E-state index contributed by atoms with van der Waals surface area (Å²) in [7, 11) is 0. The molecule has 0 bridgehead atoms. The summed E-state index contributed by atoms with van der Waals surface area (Å²) in [5.41, 5.74) is 8.00. The van der Waals surface area contributed by atoms with E-state index in [2.05, 4.69) is 51.2 Å². The molecule has 0 spiro atoms. The first-order chi connectivity index (χ1) is 13.3. The normalized spacial score (nSPS) is 20.2. The van der Waals surface area contributed by atoms with Crippen molar-refractivity contribution < 1.29 is 9.47 Å². The Morgan fingerprint density at radius 3 is 2.41 bits per heavy atom. The maximum atomic E-state index is 5.87. The molecule has 142 valence electrons. The first-order valence-electron chi connectivity index (χ1n) is 9.47. The van der Waals surface area contributed by atoms with Gasteiger partial charge in [-0.25, -0.2) is 4.99 Å². The highest BCUT2D eigenvalue weighted by Crippen LogP contribution is 2.22. The average molecular weight is 366 g/mol. The van der Waals surface area contributed by atoms with Gasteiger partial charge in [-0.2, -0.15) is 0 Å². The molecule has 2 heterocycles. The van der Waals surface area contributed by atoms with Crippen LogP contribution in [0.25, 0.3) is 0 Å². The van der Waals surface area contributed by atoms with Gasteiger partial charge in [-0.15, -0.1) is 0 Å². The summed E-state index contributed by atoms with van der Waals surface area (Å²) in [5.74, 6) is 0.900. The predicted molar refractivity (Wildman–Crippen MR) is 107 cm³/mol. The van der Waals surface area contributed by atoms with Crippen molar-refractivity contribution in [2.75, 3.05) is 44.2 Å². The molecule has 6 heteroatoms. The molecule has 0 amide bonds. The molecule has 2 aromatic carbocycles. The predicted octanol–water partition coefficient (Wildman–Crippen LogP) is 2.10. The van der Waals surface area contributed by atoms with Crippen molar-refractivity contribution in [3.8, 4) is 5.75 Å². The monoisotopic (exact) mass is 366 g/mol. The van der Waals surface area contributed by atoms with Crippen molar-refractivity contribution >= 4 is 11.7 Å². The summed E-state index contributed by atoms with van der Waals surface area (Å²) in [4.78, 5) is 8.95. The van der Waals surface area contributed by atoms with Gasteiger partial charge in [0.1, 0.15) is 18.5 Å². The third kappa shape index (κ3) is 4.71.